The van der Waals surface area contributed by atoms with E-state index < -0.39 is 11.7 Å². The molecule has 322 valence electrons. The molecule has 6 aromatic carbocycles. The number of nitrogens with zero attached hydrogens (tertiary/aromatic N) is 10. The second kappa shape index (κ2) is 15.1. The average molecular weight is 866 g/mol. The minimum absolute atomic E-state index is 0.329. The molecule has 0 saturated heterocycles. The predicted molar refractivity (Wildman–Crippen MR) is 253 cm³/mol. The SMILES string of the molecule is Cc1ccc2c(c1)N1CNN=C1N=C2N(C)c1cc(-c2ccc(C(F)(F)F)cc2)cc(N2CN3C(=N2)N=C(N(C)c2cccc(-c4ccc(C5CC5)cc4C#N)c2)c2ccc(C)cc23)c1. The highest BCUT2D eigenvalue weighted by molar-refractivity contribution is 6.25. The van der Waals surface area contributed by atoms with E-state index in [2.05, 4.69) is 87.9 Å². The van der Waals surface area contributed by atoms with Gasteiger partial charge in [-0.25, -0.2) is 5.01 Å². The molecule has 0 unspecified atom stereocenters. The van der Waals surface area contributed by atoms with Gasteiger partial charge in [0.2, 0.25) is 0 Å². The number of benzene rings is 6. The number of rotatable bonds is 6. The van der Waals surface area contributed by atoms with Crippen LogP contribution in [0.15, 0.2) is 142 Å². The summed E-state index contributed by atoms with van der Waals surface area (Å²) in [7, 11) is 3.92. The van der Waals surface area contributed by atoms with Crippen LogP contribution in [0.4, 0.5) is 41.6 Å². The van der Waals surface area contributed by atoms with Gasteiger partial charge in [0.25, 0.3) is 11.9 Å². The second-order valence-electron chi connectivity index (χ2n) is 17.1. The van der Waals surface area contributed by atoms with E-state index >= 15 is 0 Å². The first-order valence-electron chi connectivity index (χ1n) is 21.5. The summed E-state index contributed by atoms with van der Waals surface area (Å²) < 4.78 is 41.2. The molecule has 65 heavy (non-hydrogen) atoms. The highest BCUT2D eigenvalue weighted by Gasteiger charge is 2.36. The first kappa shape index (κ1) is 39.9. The summed E-state index contributed by atoms with van der Waals surface area (Å²) in [5.74, 6) is 2.96. The van der Waals surface area contributed by atoms with Crippen molar-refractivity contribution in [1.82, 2.24) is 5.43 Å². The number of alkyl halides is 3. The molecule has 0 bridgehead atoms. The van der Waals surface area contributed by atoms with Crippen molar-refractivity contribution >= 4 is 52.0 Å². The summed E-state index contributed by atoms with van der Waals surface area (Å²) in [6.45, 7) is 4.93. The van der Waals surface area contributed by atoms with Gasteiger partial charge in [0.15, 0.2) is 0 Å². The lowest BCUT2D eigenvalue weighted by molar-refractivity contribution is -0.137. The number of aliphatic imine (C=N–C) groups is 2. The minimum Gasteiger partial charge on any atom is -0.329 e. The summed E-state index contributed by atoms with van der Waals surface area (Å²) in [6, 6.07) is 40.5. The third kappa shape index (κ3) is 7.09. The van der Waals surface area contributed by atoms with Gasteiger partial charge in [0, 0.05) is 36.6 Å². The number of guanidine groups is 2. The molecule has 4 heterocycles. The van der Waals surface area contributed by atoms with Crippen molar-refractivity contribution in [3.05, 3.63) is 160 Å². The zero-order chi connectivity index (χ0) is 44.7. The molecular formula is C51H42F3N11. The fourth-order valence-electron chi connectivity index (χ4n) is 8.97. The first-order chi connectivity index (χ1) is 31.4. The topological polar surface area (TPSA) is 101 Å². The van der Waals surface area contributed by atoms with Gasteiger partial charge in [0.05, 0.1) is 34.3 Å². The highest BCUT2D eigenvalue weighted by atomic mass is 19.4. The first-order valence-corrected chi connectivity index (χ1v) is 21.5. The Hall–Kier alpha value is -7.92. The lowest BCUT2D eigenvalue weighted by atomic mass is 9.96. The van der Waals surface area contributed by atoms with Crippen molar-refractivity contribution in [2.75, 3.05) is 52.0 Å². The van der Waals surface area contributed by atoms with Gasteiger partial charge in [-0.05, 0) is 144 Å². The number of hydrogen-bond donors (Lipinski definition) is 1. The van der Waals surface area contributed by atoms with Crippen LogP contribution in [0.1, 0.15) is 57.7 Å². The Morgan fingerprint density at radius 1 is 0.677 bits per heavy atom. The molecule has 0 spiro atoms. The molecule has 11 rings (SSSR count). The summed E-state index contributed by atoms with van der Waals surface area (Å²) in [4.78, 5) is 18.3. The maximum atomic E-state index is 13.7. The second-order valence-corrected chi connectivity index (χ2v) is 17.1. The lowest BCUT2D eigenvalue weighted by Gasteiger charge is -2.32. The maximum absolute atomic E-state index is 13.7. The van der Waals surface area contributed by atoms with Crippen LogP contribution in [0.25, 0.3) is 22.3 Å². The molecule has 4 aliphatic heterocycles. The zero-order valence-corrected chi connectivity index (χ0v) is 36.1. The number of nitriles is 1. The van der Waals surface area contributed by atoms with Gasteiger partial charge in [0.1, 0.15) is 25.0 Å². The normalized spacial score (nSPS) is 16.0. The minimum atomic E-state index is -4.47. The number of halogens is 3. The van der Waals surface area contributed by atoms with Crippen LogP contribution in [0.5, 0.6) is 0 Å². The van der Waals surface area contributed by atoms with E-state index in [1.807, 2.05) is 78.3 Å². The van der Waals surface area contributed by atoms with E-state index in [0.29, 0.717) is 65.2 Å². The number of fused-ring (bicyclic) bond motifs is 6. The van der Waals surface area contributed by atoms with Gasteiger partial charge in [-0.1, -0.05) is 48.5 Å². The third-order valence-electron chi connectivity index (χ3n) is 12.7. The molecule has 11 nitrogen and oxygen atoms in total. The van der Waals surface area contributed by atoms with Crippen molar-refractivity contribution in [2.45, 2.75) is 38.8 Å². The van der Waals surface area contributed by atoms with Crippen LogP contribution in [-0.4, -0.2) is 51.0 Å². The average Bonchev–Trinajstić information content (AvgIpc) is 3.90. The van der Waals surface area contributed by atoms with E-state index in [1.54, 1.807) is 0 Å². The van der Waals surface area contributed by atoms with Crippen LogP contribution in [0.2, 0.25) is 0 Å². The maximum Gasteiger partial charge on any atom is 0.416 e. The van der Waals surface area contributed by atoms with E-state index in [-0.39, 0.29) is 0 Å². The fraction of sp³-hybridized carbons (Fsp3) is 0.196. The fourth-order valence-corrected chi connectivity index (χ4v) is 8.97. The molecule has 1 saturated carbocycles. The van der Waals surface area contributed by atoms with Crippen molar-refractivity contribution in [3.8, 4) is 28.3 Å². The van der Waals surface area contributed by atoms with Gasteiger partial charge >= 0.3 is 6.18 Å². The highest BCUT2D eigenvalue weighted by Crippen LogP contribution is 2.43. The van der Waals surface area contributed by atoms with Crippen molar-refractivity contribution < 1.29 is 13.2 Å². The van der Waals surface area contributed by atoms with Crippen LogP contribution in [0, 0.1) is 25.2 Å². The molecule has 0 amide bonds. The Kier molecular flexibility index (Phi) is 9.28. The van der Waals surface area contributed by atoms with Crippen molar-refractivity contribution in [3.63, 3.8) is 0 Å². The zero-order valence-electron chi connectivity index (χ0n) is 36.1. The van der Waals surface area contributed by atoms with E-state index in [9.17, 15) is 18.4 Å². The molecule has 0 radical (unpaired) electrons. The quantitative estimate of drug-likeness (QED) is 0.178. The number of hydrogen-bond acceptors (Lipinski definition) is 11. The summed E-state index contributed by atoms with van der Waals surface area (Å²) in [5.41, 5.74) is 15.6. The predicted octanol–water partition coefficient (Wildman–Crippen LogP) is 10.4. The van der Waals surface area contributed by atoms with Gasteiger partial charge in [-0.3, -0.25) is 15.2 Å². The number of amidine groups is 2. The molecule has 5 aliphatic rings. The molecule has 1 N–H and O–H groups in total. The molecular weight excluding hydrogens is 824 g/mol. The number of hydrazone groups is 2. The molecule has 14 heteroatoms. The van der Waals surface area contributed by atoms with Crippen LogP contribution < -0.4 is 30.0 Å². The number of nitrogens with one attached hydrogen (secondary N) is 1. The van der Waals surface area contributed by atoms with Crippen LogP contribution in [-0.2, 0) is 6.18 Å². The number of aryl methyl sites for hydroxylation is 2. The summed E-state index contributed by atoms with van der Waals surface area (Å²) in [6.07, 6.45) is -2.13. The van der Waals surface area contributed by atoms with Crippen molar-refractivity contribution in [1.29, 1.82) is 5.26 Å². The molecule has 1 fully saturated rings. The van der Waals surface area contributed by atoms with Crippen LogP contribution >= 0.6 is 0 Å². The Morgan fingerprint density at radius 2 is 1.34 bits per heavy atom. The molecule has 6 aromatic rings. The van der Waals surface area contributed by atoms with E-state index in [0.717, 1.165) is 68.3 Å². The monoisotopic (exact) mass is 865 g/mol. The Labute approximate surface area is 374 Å². The van der Waals surface area contributed by atoms with Gasteiger partial charge in [-0.2, -0.15) is 28.4 Å². The molecule has 0 atom stereocenters. The number of anilines is 5. The van der Waals surface area contributed by atoms with Crippen molar-refractivity contribution in [2.24, 2.45) is 20.2 Å². The third-order valence-corrected chi connectivity index (χ3v) is 12.7. The standard InChI is InChI=1S/C51H42F3N11/c1-30-8-17-43-45(20-30)63-28-56-59-49(63)57-47(43)62(4)40-24-36(33-12-15-38(16-13-33)51(52,53)54)25-41(26-40)65-29-64-46-21-31(2)9-18-44(46)48(58-50(64)60-65)61(3)39-7-5-6-35(23-39)42-19-14-34(32-10-11-32)22-37(42)27-55/h5-9,12-26,32,56H,10-11,28-29H2,1-4H3. The smallest absolute Gasteiger partial charge is 0.329 e. The Balaban J connectivity index is 0.986. The van der Waals surface area contributed by atoms with Gasteiger partial charge < -0.3 is 9.80 Å². The van der Waals surface area contributed by atoms with Crippen LogP contribution in [0.3, 0.4) is 0 Å². The van der Waals surface area contributed by atoms with E-state index in [4.69, 9.17) is 15.1 Å². The molecule has 1 aliphatic carbocycles. The largest absolute Gasteiger partial charge is 0.416 e. The Bertz CT molecular complexity index is 3120. The molecule has 0 aromatic heterocycles. The Morgan fingerprint density at radius 3 is 2.03 bits per heavy atom. The summed E-state index contributed by atoms with van der Waals surface area (Å²) in [5, 5.41) is 21.6. The summed E-state index contributed by atoms with van der Waals surface area (Å²) >= 11 is 0. The lowest BCUT2D eigenvalue weighted by Crippen LogP contribution is -2.39. The van der Waals surface area contributed by atoms with Gasteiger partial charge in [-0.15, -0.1) is 10.2 Å². The van der Waals surface area contributed by atoms with E-state index in [1.165, 1.54) is 30.5 Å².